The molecule has 3 atom stereocenters. The van der Waals surface area contributed by atoms with Crippen molar-refractivity contribution in [3.63, 3.8) is 0 Å². The van der Waals surface area contributed by atoms with Crippen molar-refractivity contribution in [2.45, 2.75) is 18.4 Å². The summed E-state index contributed by atoms with van der Waals surface area (Å²) in [6.45, 7) is 0. The van der Waals surface area contributed by atoms with E-state index in [-0.39, 0.29) is 0 Å². The Morgan fingerprint density at radius 2 is 1.80 bits per heavy atom. The van der Waals surface area contributed by atoms with Crippen molar-refractivity contribution in [3.05, 3.63) is 76.8 Å². The topological polar surface area (TPSA) is 12.0 Å². The van der Waals surface area contributed by atoms with Crippen LogP contribution in [0.1, 0.15) is 29.5 Å². The molecular weight excluding hydrogens is 266 g/mol. The van der Waals surface area contributed by atoms with Gasteiger partial charge in [0, 0.05) is 16.6 Å². The van der Waals surface area contributed by atoms with Gasteiger partial charge in [0.1, 0.15) is 0 Å². The van der Waals surface area contributed by atoms with Crippen molar-refractivity contribution >= 4 is 17.3 Å². The predicted octanol–water partition coefficient (Wildman–Crippen LogP) is 5.17. The number of fused-ring (bicyclic) bond motifs is 3. The molecule has 0 saturated heterocycles. The van der Waals surface area contributed by atoms with E-state index in [1.165, 1.54) is 16.8 Å². The molecule has 0 fully saturated rings. The van der Waals surface area contributed by atoms with E-state index >= 15 is 0 Å². The van der Waals surface area contributed by atoms with Gasteiger partial charge in [0.2, 0.25) is 0 Å². The molecular formula is C18H16ClN. The highest BCUT2D eigenvalue weighted by Gasteiger charge is 2.37. The summed E-state index contributed by atoms with van der Waals surface area (Å²) in [7, 11) is 0. The molecule has 1 N–H and O–H groups in total. The highest BCUT2D eigenvalue weighted by atomic mass is 35.5. The Labute approximate surface area is 124 Å². The third-order valence-corrected chi connectivity index (χ3v) is 4.75. The minimum atomic E-state index is 0.363. The minimum Gasteiger partial charge on any atom is -0.378 e. The molecule has 3 unspecified atom stereocenters. The van der Waals surface area contributed by atoms with E-state index in [9.17, 15) is 0 Å². The second kappa shape index (κ2) is 4.68. The molecule has 2 aliphatic rings. The first-order valence-electron chi connectivity index (χ1n) is 7.10. The molecule has 0 amide bonds. The van der Waals surface area contributed by atoms with Crippen molar-refractivity contribution < 1.29 is 0 Å². The van der Waals surface area contributed by atoms with Crippen LogP contribution in [-0.2, 0) is 0 Å². The quantitative estimate of drug-likeness (QED) is 0.711. The molecule has 1 aliphatic carbocycles. The molecule has 1 heterocycles. The van der Waals surface area contributed by atoms with Crippen molar-refractivity contribution in [2.24, 2.45) is 5.92 Å². The number of hydrogen-bond donors (Lipinski definition) is 1. The van der Waals surface area contributed by atoms with Crippen LogP contribution in [0.4, 0.5) is 5.69 Å². The van der Waals surface area contributed by atoms with Crippen LogP contribution in [-0.4, -0.2) is 0 Å². The first-order valence-corrected chi connectivity index (χ1v) is 7.48. The fourth-order valence-electron chi connectivity index (χ4n) is 3.54. The lowest BCUT2D eigenvalue weighted by molar-refractivity contribution is 0.425. The Kier molecular flexibility index (Phi) is 2.82. The number of rotatable bonds is 1. The number of halogens is 1. The molecule has 0 radical (unpaired) electrons. The maximum atomic E-state index is 6.01. The zero-order valence-electron chi connectivity index (χ0n) is 11.1. The normalized spacial score (nSPS) is 26.8. The van der Waals surface area contributed by atoms with Gasteiger partial charge in [0.05, 0.1) is 6.04 Å². The second-order valence-electron chi connectivity index (χ2n) is 5.61. The summed E-state index contributed by atoms with van der Waals surface area (Å²) < 4.78 is 0. The molecule has 0 spiro atoms. The van der Waals surface area contributed by atoms with E-state index in [1.54, 1.807) is 0 Å². The van der Waals surface area contributed by atoms with Gasteiger partial charge in [-0.3, -0.25) is 0 Å². The van der Waals surface area contributed by atoms with Gasteiger partial charge in [-0.25, -0.2) is 0 Å². The van der Waals surface area contributed by atoms with Gasteiger partial charge >= 0.3 is 0 Å². The van der Waals surface area contributed by atoms with E-state index in [0.29, 0.717) is 17.9 Å². The highest BCUT2D eigenvalue weighted by molar-refractivity contribution is 6.30. The van der Waals surface area contributed by atoms with Crippen molar-refractivity contribution in [3.8, 4) is 0 Å². The summed E-state index contributed by atoms with van der Waals surface area (Å²) in [6.07, 6.45) is 5.83. The van der Waals surface area contributed by atoms with Crippen molar-refractivity contribution in [1.29, 1.82) is 0 Å². The van der Waals surface area contributed by atoms with Gasteiger partial charge in [-0.1, -0.05) is 54.1 Å². The Morgan fingerprint density at radius 3 is 2.65 bits per heavy atom. The summed E-state index contributed by atoms with van der Waals surface area (Å²) >= 11 is 6.01. The number of nitrogens with one attached hydrogen (secondary N) is 1. The second-order valence-corrected chi connectivity index (χ2v) is 6.05. The average molecular weight is 282 g/mol. The van der Waals surface area contributed by atoms with Crippen LogP contribution < -0.4 is 5.32 Å². The molecule has 20 heavy (non-hydrogen) atoms. The Bertz CT molecular complexity index is 659. The predicted molar refractivity (Wildman–Crippen MR) is 84.2 cm³/mol. The summed E-state index contributed by atoms with van der Waals surface area (Å²) in [5, 5.41) is 4.52. The zero-order chi connectivity index (χ0) is 13.5. The molecule has 100 valence electrons. The fourth-order valence-corrected chi connectivity index (χ4v) is 3.67. The third kappa shape index (κ3) is 1.85. The minimum absolute atomic E-state index is 0.363. The largest absolute Gasteiger partial charge is 0.378 e. The van der Waals surface area contributed by atoms with Crippen LogP contribution in [0.5, 0.6) is 0 Å². The smallest absolute Gasteiger partial charge is 0.0553 e. The van der Waals surface area contributed by atoms with Crippen molar-refractivity contribution in [1.82, 2.24) is 0 Å². The van der Waals surface area contributed by atoms with Gasteiger partial charge in [-0.05, 0) is 41.7 Å². The van der Waals surface area contributed by atoms with E-state index in [0.717, 1.165) is 11.4 Å². The van der Waals surface area contributed by atoms with E-state index in [1.807, 2.05) is 12.1 Å². The lowest BCUT2D eigenvalue weighted by atomic mass is 9.77. The Morgan fingerprint density at radius 1 is 1.00 bits per heavy atom. The first kappa shape index (κ1) is 12.0. The molecule has 4 rings (SSSR count). The molecule has 0 bridgehead atoms. The molecule has 1 nitrogen and oxygen atoms in total. The number of hydrogen-bond acceptors (Lipinski definition) is 1. The summed E-state index contributed by atoms with van der Waals surface area (Å²) in [5.74, 6) is 1.14. The number of para-hydroxylation sites is 1. The van der Waals surface area contributed by atoms with Gasteiger partial charge in [-0.2, -0.15) is 0 Å². The molecule has 1 aliphatic heterocycles. The lowest BCUT2D eigenvalue weighted by Crippen LogP contribution is -2.28. The van der Waals surface area contributed by atoms with Gasteiger partial charge in [0.15, 0.2) is 0 Å². The molecule has 2 aromatic rings. The van der Waals surface area contributed by atoms with E-state index in [4.69, 9.17) is 11.6 Å². The third-order valence-electron chi connectivity index (χ3n) is 4.50. The lowest BCUT2D eigenvalue weighted by Gasteiger charge is -2.37. The van der Waals surface area contributed by atoms with Crippen LogP contribution in [0.3, 0.4) is 0 Å². The Hall–Kier alpha value is -1.73. The van der Waals surface area contributed by atoms with Gasteiger partial charge < -0.3 is 5.32 Å². The maximum absolute atomic E-state index is 6.01. The van der Waals surface area contributed by atoms with Gasteiger partial charge in [0.25, 0.3) is 0 Å². The monoisotopic (exact) mass is 281 g/mol. The van der Waals surface area contributed by atoms with E-state index in [2.05, 4.69) is 53.9 Å². The Balaban J connectivity index is 1.77. The number of allylic oxidation sites excluding steroid dienone is 2. The molecule has 2 heteroatoms. The highest BCUT2D eigenvalue weighted by Crippen LogP contribution is 2.49. The maximum Gasteiger partial charge on any atom is 0.0553 e. The van der Waals surface area contributed by atoms with Gasteiger partial charge in [-0.15, -0.1) is 0 Å². The van der Waals surface area contributed by atoms with E-state index < -0.39 is 0 Å². The molecule has 2 aromatic carbocycles. The summed E-state index contributed by atoms with van der Waals surface area (Å²) in [6, 6.07) is 17.3. The number of anilines is 1. The zero-order valence-corrected chi connectivity index (χ0v) is 11.8. The summed E-state index contributed by atoms with van der Waals surface area (Å²) in [4.78, 5) is 0. The van der Waals surface area contributed by atoms with Crippen LogP contribution >= 0.6 is 11.6 Å². The average Bonchev–Trinajstić information content (AvgIpc) is 2.97. The van der Waals surface area contributed by atoms with Crippen LogP contribution in [0, 0.1) is 5.92 Å². The first-order chi connectivity index (χ1) is 9.83. The standard InChI is InChI=1S/C18H16ClN/c19-13-10-8-12(9-11-13)18-16-6-3-5-14(16)15-4-1-2-7-17(15)20-18/h1-5,7-11,14,16,18,20H,6H2. The molecule has 0 saturated carbocycles. The van der Waals surface area contributed by atoms with Crippen LogP contribution in [0.15, 0.2) is 60.7 Å². The van der Waals surface area contributed by atoms with Crippen molar-refractivity contribution in [2.75, 3.05) is 5.32 Å². The van der Waals surface area contributed by atoms with Crippen LogP contribution in [0.2, 0.25) is 5.02 Å². The number of benzene rings is 2. The molecule has 0 aromatic heterocycles. The SMILES string of the molecule is Clc1ccc(C2Nc3ccccc3C3C=CCC32)cc1. The fraction of sp³-hybridized carbons (Fsp3) is 0.222. The summed E-state index contributed by atoms with van der Waals surface area (Å²) in [5.41, 5.74) is 4.01. The van der Waals surface area contributed by atoms with Crippen LogP contribution in [0.25, 0.3) is 0 Å².